The maximum atomic E-state index is 13.0. The molecule has 0 heterocycles. The highest BCUT2D eigenvalue weighted by Gasteiger charge is 2.39. The summed E-state index contributed by atoms with van der Waals surface area (Å²) >= 11 is 0. The smallest absolute Gasteiger partial charge is 0.242 e. The average molecular weight is 352 g/mol. The highest BCUT2D eigenvalue weighted by atomic mass is 16.2. The molecule has 2 amide bonds. The van der Waals surface area contributed by atoms with Crippen molar-refractivity contribution in [2.75, 3.05) is 16.8 Å². The Labute approximate surface area is 154 Å². The van der Waals surface area contributed by atoms with Gasteiger partial charge >= 0.3 is 0 Å². The molecule has 0 aliphatic carbocycles. The fourth-order valence-electron chi connectivity index (χ4n) is 2.56. The maximum absolute atomic E-state index is 13.0. The number of benzene rings is 2. The first-order valence-corrected chi connectivity index (χ1v) is 8.56. The van der Waals surface area contributed by atoms with Gasteiger partial charge in [0.1, 0.15) is 5.41 Å². The predicted molar refractivity (Wildman–Crippen MR) is 103 cm³/mol. The Bertz CT molecular complexity index is 796. The molecule has 0 aromatic heterocycles. The number of hydrogen-bond donors (Lipinski definition) is 1. The third-order valence-electron chi connectivity index (χ3n) is 4.28. The fraction of sp³-hybridized carbons (Fsp3) is 0.286. The lowest BCUT2D eigenvalue weighted by Gasteiger charge is -2.30. The van der Waals surface area contributed by atoms with E-state index in [1.165, 1.54) is 6.92 Å². The molecule has 1 N–H and O–H groups in total. The monoisotopic (exact) mass is 352 g/mol. The van der Waals surface area contributed by atoms with Crippen LogP contribution in [0.4, 0.5) is 11.4 Å². The van der Waals surface area contributed by atoms with Crippen molar-refractivity contribution in [1.29, 1.82) is 0 Å². The van der Waals surface area contributed by atoms with Crippen molar-refractivity contribution < 1.29 is 14.4 Å². The molecule has 5 heteroatoms. The van der Waals surface area contributed by atoms with Gasteiger partial charge in [0.05, 0.1) is 0 Å². The molecule has 26 heavy (non-hydrogen) atoms. The number of rotatable bonds is 6. The third-order valence-corrected chi connectivity index (χ3v) is 4.28. The van der Waals surface area contributed by atoms with E-state index in [1.54, 1.807) is 43.0 Å². The lowest BCUT2D eigenvalue weighted by molar-refractivity contribution is -0.136. The SMILES string of the molecule is CCN(C(=O)C(C)(C)C(=O)Nc1ccc(C(C)=O)cc1)c1ccccc1. The second-order valence-corrected chi connectivity index (χ2v) is 6.60. The van der Waals surface area contributed by atoms with Crippen molar-refractivity contribution in [3.05, 3.63) is 60.2 Å². The molecule has 0 saturated heterocycles. The molecule has 5 nitrogen and oxygen atoms in total. The van der Waals surface area contributed by atoms with Crippen molar-refractivity contribution in [1.82, 2.24) is 0 Å². The molecule has 0 spiro atoms. The first kappa shape index (κ1) is 19.4. The van der Waals surface area contributed by atoms with Gasteiger partial charge in [-0.15, -0.1) is 0 Å². The van der Waals surface area contributed by atoms with E-state index < -0.39 is 11.3 Å². The van der Waals surface area contributed by atoms with E-state index in [0.29, 0.717) is 17.8 Å². The van der Waals surface area contributed by atoms with Crippen LogP contribution in [-0.4, -0.2) is 24.1 Å². The predicted octanol–water partition coefficient (Wildman–Crippen LogP) is 3.91. The van der Waals surface area contributed by atoms with Gasteiger partial charge in [0, 0.05) is 23.5 Å². The van der Waals surface area contributed by atoms with E-state index in [-0.39, 0.29) is 11.7 Å². The third kappa shape index (κ3) is 4.17. The van der Waals surface area contributed by atoms with Gasteiger partial charge in [0.2, 0.25) is 11.8 Å². The van der Waals surface area contributed by atoms with Crippen molar-refractivity contribution in [3.63, 3.8) is 0 Å². The molecule has 2 rings (SSSR count). The summed E-state index contributed by atoms with van der Waals surface area (Å²) in [5.74, 6) is -0.712. The summed E-state index contributed by atoms with van der Waals surface area (Å²) in [6.45, 7) is 7.05. The Morgan fingerprint density at radius 1 is 0.962 bits per heavy atom. The van der Waals surface area contributed by atoms with Gasteiger partial charge in [0.15, 0.2) is 5.78 Å². The van der Waals surface area contributed by atoms with Gasteiger partial charge in [-0.3, -0.25) is 14.4 Å². The molecule has 0 radical (unpaired) electrons. The second kappa shape index (κ2) is 7.95. The Kier molecular flexibility index (Phi) is 5.93. The zero-order chi connectivity index (χ0) is 19.3. The second-order valence-electron chi connectivity index (χ2n) is 6.60. The molecule has 0 saturated carbocycles. The lowest BCUT2D eigenvalue weighted by atomic mass is 9.89. The lowest BCUT2D eigenvalue weighted by Crippen LogP contribution is -2.47. The van der Waals surface area contributed by atoms with E-state index in [2.05, 4.69) is 5.32 Å². The molecular weight excluding hydrogens is 328 g/mol. The van der Waals surface area contributed by atoms with Crippen LogP contribution in [0.3, 0.4) is 0 Å². The number of carbonyl (C=O) groups is 3. The Morgan fingerprint density at radius 3 is 2.04 bits per heavy atom. The molecule has 2 aromatic carbocycles. The largest absolute Gasteiger partial charge is 0.325 e. The van der Waals surface area contributed by atoms with Gasteiger partial charge in [-0.1, -0.05) is 18.2 Å². The van der Waals surface area contributed by atoms with Gasteiger partial charge in [-0.2, -0.15) is 0 Å². The van der Waals surface area contributed by atoms with Crippen molar-refractivity contribution in [2.45, 2.75) is 27.7 Å². The molecule has 0 atom stereocenters. The Morgan fingerprint density at radius 2 is 1.54 bits per heavy atom. The number of Topliss-reactive ketones (excluding diaryl/α,β-unsaturated/α-hetero) is 1. The van der Waals surface area contributed by atoms with E-state index in [0.717, 1.165) is 5.69 Å². The summed E-state index contributed by atoms with van der Waals surface area (Å²) in [5, 5.41) is 2.76. The molecule has 0 fully saturated rings. The first-order chi connectivity index (χ1) is 12.3. The van der Waals surface area contributed by atoms with Gasteiger partial charge in [-0.05, 0) is 64.1 Å². The van der Waals surface area contributed by atoms with Crippen LogP contribution in [0.1, 0.15) is 38.1 Å². The minimum atomic E-state index is -1.24. The summed E-state index contributed by atoms with van der Waals surface area (Å²) in [5.41, 5.74) is 0.625. The summed E-state index contributed by atoms with van der Waals surface area (Å²) < 4.78 is 0. The molecular formula is C21H24N2O3. The van der Waals surface area contributed by atoms with Crippen LogP contribution in [-0.2, 0) is 9.59 Å². The Hall–Kier alpha value is -2.95. The van der Waals surface area contributed by atoms with E-state index in [1.807, 2.05) is 37.3 Å². The van der Waals surface area contributed by atoms with E-state index in [9.17, 15) is 14.4 Å². The number of amides is 2. The zero-order valence-electron chi connectivity index (χ0n) is 15.6. The standard InChI is InChI=1S/C21H24N2O3/c1-5-23(18-9-7-6-8-10-18)20(26)21(3,4)19(25)22-17-13-11-16(12-14-17)15(2)24/h6-14H,5H2,1-4H3,(H,22,25). The number of hydrogen-bond acceptors (Lipinski definition) is 3. The Balaban J connectivity index is 2.17. The molecule has 0 unspecified atom stereocenters. The maximum Gasteiger partial charge on any atom is 0.242 e. The normalized spacial score (nSPS) is 10.9. The number of nitrogens with zero attached hydrogens (tertiary/aromatic N) is 1. The van der Waals surface area contributed by atoms with Crippen molar-refractivity contribution in [3.8, 4) is 0 Å². The zero-order valence-corrected chi connectivity index (χ0v) is 15.6. The number of nitrogens with one attached hydrogen (secondary N) is 1. The quantitative estimate of drug-likeness (QED) is 0.633. The van der Waals surface area contributed by atoms with Crippen molar-refractivity contribution in [2.24, 2.45) is 5.41 Å². The van der Waals surface area contributed by atoms with Gasteiger partial charge in [0.25, 0.3) is 0 Å². The minimum Gasteiger partial charge on any atom is -0.325 e. The highest BCUT2D eigenvalue weighted by molar-refractivity contribution is 6.14. The van der Waals surface area contributed by atoms with Crippen LogP contribution >= 0.6 is 0 Å². The molecule has 2 aromatic rings. The topological polar surface area (TPSA) is 66.5 Å². The van der Waals surface area contributed by atoms with E-state index in [4.69, 9.17) is 0 Å². The van der Waals surface area contributed by atoms with Crippen LogP contribution in [0.25, 0.3) is 0 Å². The number of ketones is 1. The summed E-state index contributed by atoms with van der Waals surface area (Å²) in [6.07, 6.45) is 0. The minimum absolute atomic E-state index is 0.0418. The fourth-order valence-corrected chi connectivity index (χ4v) is 2.56. The first-order valence-electron chi connectivity index (χ1n) is 8.56. The number of para-hydroxylation sites is 1. The van der Waals surface area contributed by atoms with Crippen LogP contribution < -0.4 is 10.2 Å². The van der Waals surface area contributed by atoms with Crippen LogP contribution in [0, 0.1) is 5.41 Å². The summed E-state index contributed by atoms with van der Waals surface area (Å²) in [7, 11) is 0. The van der Waals surface area contributed by atoms with Crippen molar-refractivity contribution >= 4 is 29.0 Å². The molecule has 136 valence electrons. The molecule has 0 aliphatic rings. The van der Waals surface area contributed by atoms with Crippen LogP contribution in [0.5, 0.6) is 0 Å². The average Bonchev–Trinajstić information content (AvgIpc) is 2.63. The number of carbonyl (C=O) groups excluding carboxylic acids is 3. The summed E-state index contributed by atoms with van der Waals surface area (Å²) in [4.78, 5) is 38.6. The van der Waals surface area contributed by atoms with Gasteiger partial charge in [-0.25, -0.2) is 0 Å². The van der Waals surface area contributed by atoms with Gasteiger partial charge < -0.3 is 10.2 Å². The van der Waals surface area contributed by atoms with Crippen LogP contribution in [0.2, 0.25) is 0 Å². The van der Waals surface area contributed by atoms with E-state index >= 15 is 0 Å². The number of anilines is 2. The highest BCUT2D eigenvalue weighted by Crippen LogP contribution is 2.25. The summed E-state index contributed by atoms with van der Waals surface area (Å²) in [6, 6.07) is 15.9. The molecule has 0 aliphatic heterocycles. The molecule has 0 bridgehead atoms. The van der Waals surface area contributed by atoms with Crippen LogP contribution in [0.15, 0.2) is 54.6 Å².